The Bertz CT molecular complexity index is 1020. The number of nitrogens with one attached hydrogen (secondary N) is 3. The molecule has 6 nitrogen and oxygen atoms in total. The molecule has 26 heavy (non-hydrogen) atoms. The van der Waals surface area contributed by atoms with E-state index in [9.17, 15) is 4.79 Å². The van der Waals surface area contributed by atoms with Gasteiger partial charge in [-0.15, -0.1) is 11.3 Å². The number of amides is 1. The van der Waals surface area contributed by atoms with Gasteiger partial charge in [-0.05, 0) is 29.5 Å². The van der Waals surface area contributed by atoms with Crippen molar-refractivity contribution in [1.29, 1.82) is 0 Å². The maximum absolute atomic E-state index is 12.5. The Hall–Kier alpha value is -3.19. The smallest absolute Gasteiger partial charge is 0.263 e. The van der Waals surface area contributed by atoms with Gasteiger partial charge >= 0.3 is 0 Å². The minimum absolute atomic E-state index is 0.0854. The van der Waals surface area contributed by atoms with Gasteiger partial charge in [0.25, 0.3) is 5.91 Å². The number of aromatic nitrogens is 3. The van der Waals surface area contributed by atoms with E-state index in [1.54, 1.807) is 0 Å². The topological polar surface area (TPSA) is 82.7 Å². The molecule has 7 heteroatoms. The number of anilines is 2. The van der Waals surface area contributed by atoms with E-state index in [-0.39, 0.29) is 5.91 Å². The second kappa shape index (κ2) is 7.37. The Labute approximate surface area is 154 Å². The number of aromatic amines is 1. The molecule has 1 amide bonds. The van der Waals surface area contributed by atoms with Crippen LogP contribution in [0.3, 0.4) is 0 Å². The highest BCUT2D eigenvalue weighted by Gasteiger charge is 2.14. The Balaban J connectivity index is 1.44. The summed E-state index contributed by atoms with van der Waals surface area (Å²) in [5.74, 6) is 0.589. The van der Waals surface area contributed by atoms with Crippen molar-refractivity contribution >= 4 is 39.8 Å². The van der Waals surface area contributed by atoms with Crippen LogP contribution in [-0.2, 0) is 6.42 Å². The van der Waals surface area contributed by atoms with E-state index in [2.05, 4.69) is 37.7 Å². The Morgan fingerprint density at radius 2 is 2.00 bits per heavy atom. The Morgan fingerprint density at radius 1 is 1.12 bits per heavy atom. The summed E-state index contributed by atoms with van der Waals surface area (Å²) in [7, 11) is 0. The van der Waals surface area contributed by atoms with Gasteiger partial charge in [-0.3, -0.25) is 4.79 Å². The van der Waals surface area contributed by atoms with Crippen molar-refractivity contribution in [3.8, 4) is 0 Å². The van der Waals surface area contributed by atoms with Gasteiger partial charge in [0, 0.05) is 12.7 Å². The van der Waals surface area contributed by atoms with Crippen LogP contribution in [0.4, 0.5) is 11.5 Å². The number of fused-ring (bicyclic) bond motifs is 1. The van der Waals surface area contributed by atoms with Crippen molar-refractivity contribution in [1.82, 2.24) is 20.3 Å². The highest BCUT2D eigenvalue weighted by Crippen LogP contribution is 2.28. The number of H-pyrrole nitrogens is 1. The number of carbonyl (C=O) groups is 1. The van der Waals surface area contributed by atoms with E-state index in [4.69, 9.17) is 0 Å². The third-order valence-corrected chi connectivity index (χ3v) is 4.93. The van der Waals surface area contributed by atoms with Gasteiger partial charge in [0.05, 0.1) is 11.1 Å². The SMILES string of the molecule is O=C(NCCc1ccccc1)c1sccc1Nc1ncnc2[nH]ccc12. The summed E-state index contributed by atoms with van der Waals surface area (Å²) >= 11 is 1.40. The minimum Gasteiger partial charge on any atom is -0.351 e. The van der Waals surface area contributed by atoms with Crippen LogP contribution in [0.5, 0.6) is 0 Å². The molecule has 0 fully saturated rings. The lowest BCUT2D eigenvalue weighted by atomic mass is 10.1. The van der Waals surface area contributed by atoms with E-state index < -0.39 is 0 Å². The fourth-order valence-corrected chi connectivity index (χ4v) is 3.49. The molecule has 3 aromatic heterocycles. The predicted octanol–water partition coefficient (Wildman–Crippen LogP) is 3.74. The van der Waals surface area contributed by atoms with Gasteiger partial charge in [0.2, 0.25) is 0 Å². The normalized spacial score (nSPS) is 10.8. The Morgan fingerprint density at radius 3 is 2.88 bits per heavy atom. The molecule has 4 aromatic rings. The summed E-state index contributed by atoms with van der Waals surface area (Å²) in [5.41, 5.74) is 2.70. The number of hydrogen-bond acceptors (Lipinski definition) is 5. The molecule has 0 spiro atoms. The molecule has 0 aliphatic carbocycles. The molecule has 0 saturated heterocycles. The van der Waals surface area contributed by atoms with Gasteiger partial charge in [-0.25, -0.2) is 9.97 Å². The second-order valence-electron chi connectivity index (χ2n) is 5.74. The van der Waals surface area contributed by atoms with Crippen LogP contribution in [0.25, 0.3) is 11.0 Å². The standard InChI is InChI=1S/C19H17N5OS/c25-19(21-9-6-13-4-2-1-3-5-13)16-15(8-11-26-16)24-18-14-7-10-20-17(14)22-12-23-18/h1-5,7-8,10-12H,6,9H2,(H,21,25)(H2,20,22,23,24). The molecule has 0 radical (unpaired) electrons. The summed E-state index contributed by atoms with van der Waals surface area (Å²) < 4.78 is 0. The molecule has 0 unspecified atom stereocenters. The summed E-state index contributed by atoms with van der Waals surface area (Å²) in [4.78, 5) is 24.7. The number of benzene rings is 1. The van der Waals surface area contributed by atoms with Gasteiger partial charge in [0.1, 0.15) is 22.7 Å². The molecule has 0 bridgehead atoms. The lowest BCUT2D eigenvalue weighted by molar-refractivity contribution is 0.0959. The number of hydrogen-bond donors (Lipinski definition) is 3. The molecular weight excluding hydrogens is 346 g/mol. The van der Waals surface area contributed by atoms with Crippen LogP contribution in [0.1, 0.15) is 15.2 Å². The average Bonchev–Trinajstić information content (AvgIpc) is 3.32. The molecule has 0 aliphatic rings. The van der Waals surface area contributed by atoms with Crippen LogP contribution < -0.4 is 10.6 Å². The lowest BCUT2D eigenvalue weighted by Crippen LogP contribution is -2.25. The van der Waals surface area contributed by atoms with E-state index in [1.807, 2.05) is 41.9 Å². The zero-order valence-electron chi connectivity index (χ0n) is 13.9. The number of carbonyl (C=O) groups excluding carboxylic acids is 1. The zero-order valence-corrected chi connectivity index (χ0v) is 14.7. The average molecular weight is 363 g/mol. The van der Waals surface area contributed by atoms with Crippen molar-refractivity contribution in [3.05, 3.63) is 70.8 Å². The third kappa shape index (κ3) is 3.43. The van der Waals surface area contributed by atoms with Crippen LogP contribution in [-0.4, -0.2) is 27.4 Å². The molecule has 0 aliphatic heterocycles. The van der Waals surface area contributed by atoms with Crippen molar-refractivity contribution < 1.29 is 4.79 Å². The first-order valence-electron chi connectivity index (χ1n) is 8.26. The van der Waals surface area contributed by atoms with Gasteiger partial charge < -0.3 is 15.6 Å². The van der Waals surface area contributed by atoms with Crippen molar-refractivity contribution in [2.24, 2.45) is 0 Å². The number of nitrogens with zero attached hydrogens (tertiary/aromatic N) is 2. The highest BCUT2D eigenvalue weighted by atomic mass is 32.1. The quantitative estimate of drug-likeness (QED) is 0.487. The van der Waals surface area contributed by atoms with Crippen LogP contribution in [0.15, 0.2) is 60.4 Å². The predicted molar refractivity (Wildman–Crippen MR) is 104 cm³/mol. The molecule has 0 saturated carbocycles. The monoisotopic (exact) mass is 363 g/mol. The minimum atomic E-state index is -0.0854. The van der Waals surface area contributed by atoms with Gasteiger partial charge in [-0.2, -0.15) is 0 Å². The molecule has 1 aromatic carbocycles. The number of rotatable bonds is 6. The van der Waals surface area contributed by atoms with E-state index >= 15 is 0 Å². The van der Waals surface area contributed by atoms with E-state index in [1.165, 1.54) is 23.2 Å². The molecule has 3 heterocycles. The largest absolute Gasteiger partial charge is 0.351 e. The van der Waals surface area contributed by atoms with Crippen molar-refractivity contribution in [2.45, 2.75) is 6.42 Å². The van der Waals surface area contributed by atoms with E-state index in [0.717, 1.165) is 23.1 Å². The molecule has 0 atom stereocenters. The maximum atomic E-state index is 12.5. The van der Waals surface area contributed by atoms with Crippen LogP contribution >= 0.6 is 11.3 Å². The fourth-order valence-electron chi connectivity index (χ4n) is 2.73. The molecular formula is C19H17N5OS. The lowest BCUT2D eigenvalue weighted by Gasteiger charge is -2.08. The van der Waals surface area contributed by atoms with Gasteiger partial charge in [0.15, 0.2) is 0 Å². The molecule has 130 valence electrons. The van der Waals surface area contributed by atoms with Crippen molar-refractivity contribution in [3.63, 3.8) is 0 Å². The van der Waals surface area contributed by atoms with Gasteiger partial charge in [-0.1, -0.05) is 30.3 Å². The number of thiophene rings is 1. The third-order valence-electron chi connectivity index (χ3n) is 4.02. The van der Waals surface area contributed by atoms with E-state index in [0.29, 0.717) is 17.2 Å². The summed E-state index contributed by atoms with van der Waals surface area (Å²) in [6.45, 7) is 0.593. The molecule has 4 rings (SSSR count). The first-order valence-corrected chi connectivity index (χ1v) is 9.14. The zero-order chi connectivity index (χ0) is 17.8. The second-order valence-corrected chi connectivity index (χ2v) is 6.66. The molecule has 3 N–H and O–H groups in total. The summed E-state index contributed by atoms with van der Waals surface area (Å²) in [6, 6.07) is 13.9. The summed E-state index contributed by atoms with van der Waals surface area (Å²) in [5, 5.41) is 9.01. The van der Waals surface area contributed by atoms with Crippen molar-refractivity contribution in [2.75, 3.05) is 11.9 Å². The highest BCUT2D eigenvalue weighted by molar-refractivity contribution is 7.12. The first-order chi connectivity index (χ1) is 12.8. The van der Waals surface area contributed by atoms with Crippen LogP contribution in [0, 0.1) is 0 Å². The first kappa shape index (κ1) is 16.3. The van der Waals surface area contributed by atoms with Crippen LogP contribution in [0.2, 0.25) is 0 Å². The maximum Gasteiger partial charge on any atom is 0.263 e. The summed E-state index contributed by atoms with van der Waals surface area (Å²) in [6.07, 6.45) is 4.11. The fraction of sp³-hybridized carbons (Fsp3) is 0.105. The Kier molecular flexibility index (Phi) is 4.61.